The van der Waals surface area contributed by atoms with E-state index in [1.54, 1.807) is 36.4 Å². The number of piperidine rings is 1. The van der Waals surface area contributed by atoms with E-state index in [9.17, 15) is 13.2 Å². The summed E-state index contributed by atoms with van der Waals surface area (Å²) >= 11 is 5.84. The molecule has 3 rings (SSSR count). The molecule has 1 atom stereocenters. The standard InChI is InChI=1S/C20H20ClN3O3S/c21-17-5-9-19(10-6-17)28(26,27)24-13-1-2-16(14-24)20(25)23-18-7-3-15(4-8-18)11-12-22/h3-10,16H,1-2,11,13-14H2,(H,23,25)/t16-/m1/s1. The van der Waals surface area contributed by atoms with Crippen molar-refractivity contribution in [3.05, 3.63) is 59.1 Å². The lowest BCUT2D eigenvalue weighted by Crippen LogP contribution is -2.43. The molecular formula is C20H20ClN3O3S. The average Bonchev–Trinajstić information content (AvgIpc) is 2.70. The Labute approximate surface area is 169 Å². The molecule has 1 saturated heterocycles. The Balaban J connectivity index is 1.67. The first-order valence-corrected chi connectivity index (χ1v) is 10.7. The summed E-state index contributed by atoms with van der Waals surface area (Å²) in [5, 5.41) is 12.0. The Morgan fingerprint density at radius 2 is 1.86 bits per heavy atom. The van der Waals surface area contributed by atoms with Crippen molar-refractivity contribution < 1.29 is 13.2 Å². The Bertz CT molecular complexity index is 983. The molecule has 1 aliphatic heterocycles. The van der Waals surface area contributed by atoms with Crippen LogP contribution in [-0.4, -0.2) is 31.7 Å². The van der Waals surface area contributed by atoms with Crippen LogP contribution < -0.4 is 5.32 Å². The highest BCUT2D eigenvalue weighted by Gasteiger charge is 2.33. The van der Waals surface area contributed by atoms with Crippen LogP contribution in [0.2, 0.25) is 5.02 Å². The summed E-state index contributed by atoms with van der Waals surface area (Å²) in [6, 6.07) is 15.2. The number of hydrogen-bond donors (Lipinski definition) is 1. The fourth-order valence-corrected chi connectivity index (χ4v) is 4.82. The zero-order chi connectivity index (χ0) is 20.1. The normalized spacial score (nSPS) is 17.6. The molecule has 0 radical (unpaired) electrons. The first-order valence-electron chi connectivity index (χ1n) is 8.92. The van der Waals surface area contributed by atoms with Gasteiger partial charge in [-0.1, -0.05) is 23.7 Å². The summed E-state index contributed by atoms with van der Waals surface area (Å²) in [4.78, 5) is 12.8. The van der Waals surface area contributed by atoms with Gasteiger partial charge in [-0.2, -0.15) is 9.57 Å². The van der Waals surface area contributed by atoms with Crippen molar-refractivity contribution in [1.29, 1.82) is 5.26 Å². The van der Waals surface area contributed by atoms with E-state index in [0.717, 1.165) is 5.56 Å². The summed E-state index contributed by atoms with van der Waals surface area (Å²) in [6.45, 7) is 0.529. The van der Waals surface area contributed by atoms with Crippen molar-refractivity contribution in [2.24, 2.45) is 5.92 Å². The smallest absolute Gasteiger partial charge is 0.243 e. The van der Waals surface area contributed by atoms with E-state index < -0.39 is 15.9 Å². The van der Waals surface area contributed by atoms with Crippen LogP contribution >= 0.6 is 11.6 Å². The number of nitriles is 1. The Morgan fingerprint density at radius 3 is 2.50 bits per heavy atom. The van der Waals surface area contributed by atoms with E-state index in [2.05, 4.69) is 11.4 Å². The number of nitrogens with zero attached hydrogens (tertiary/aromatic N) is 2. The molecule has 0 bridgehead atoms. The number of hydrogen-bond acceptors (Lipinski definition) is 4. The van der Waals surface area contributed by atoms with Crippen LogP contribution in [0.25, 0.3) is 0 Å². The first-order chi connectivity index (χ1) is 13.4. The quantitative estimate of drug-likeness (QED) is 0.806. The average molecular weight is 418 g/mol. The number of carbonyl (C=O) groups is 1. The van der Waals surface area contributed by atoms with Gasteiger partial charge in [0.25, 0.3) is 0 Å². The van der Waals surface area contributed by atoms with Gasteiger partial charge in [0.2, 0.25) is 15.9 Å². The van der Waals surface area contributed by atoms with Crippen molar-refractivity contribution in [1.82, 2.24) is 4.31 Å². The number of anilines is 1. The second-order valence-electron chi connectivity index (χ2n) is 6.68. The van der Waals surface area contributed by atoms with Gasteiger partial charge in [0.05, 0.1) is 23.3 Å². The Hall–Kier alpha value is -2.40. The number of benzene rings is 2. The van der Waals surface area contributed by atoms with E-state index in [1.165, 1.54) is 16.4 Å². The fraction of sp³-hybridized carbons (Fsp3) is 0.300. The fourth-order valence-electron chi connectivity index (χ4n) is 3.17. The van der Waals surface area contributed by atoms with E-state index in [4.69, 9.17) is 16.9 Å². The van der Waals surface area contributed by atoms with Crippen LogP contribution in [0.3, 0.4) is 0 Å². The third-order valence-corrected chi connectivity index (χ3v) is 6.84. The molecule has 1 fully saturated rings. The van der Waals surface area contributed by atoms with E-state index in [-0.39, 0.29) is 17.3 Å². The van der Waals surface area contributed by atoms with Crippen molar-refractivity contribution in [2.45, 2.75) is 24.2 Å². The molecule has 6 nitrogen and oxygen atoms in total. The molecule has 0 aliphatic carbocycles. The van der Waals surface area contributed by atoms with Crippen molar-refractivity contribution in [3.8, 4) is 6.07 Å². The van der Waals surface area contributed by atoms with Crippen LogP contribution in [0, 0.1) is 17.2 Å². The highest BCUT2D eigenvalue weighted by atomic mass is 35.5. The van der Waals surface area contributed by atoms with Crippen LogP contribution in [0.4, 0.5) is 5.69 Å². The topological polar surface area (TPSA) is 90.3 Å². The van der Waals surface area contributed by atoms with Crippen molar-refractivity contribution in [3.63, 3.8) is 0 Å². The van der Waals surface area contributed by atoms with Gasteiger partial charge in [0.15, 0.2) is 0 Å². The van der Waals surface area contributed by atoms with Gasteiger partial charge in [-0.05, 0) is 54.8 Å². The van der Waals surface area contributed by atoms with Gasteiger partial charge < -0.3 is 5.32 Å². The summed E-state index contributed by atoms with van der Waals surface area (Å²) in [5.74, 6) is -0.626. The minimum Gasteiger partial charge on any atom is -0.326 e. The van der Waals surface area contributed by atoms with E-state index >= 15 is 0 Å². The third kappa shape index (κ3) is 4.71. The molecule has 1 aliphatic rings. The zero-order valence-electron chi connectivity index (χ0n) is 15.1. The van der Waals surface area contributed by atoms with E-state index in [1.807, 2.05) is 0 Å². The lowest BCUT2D eigenvalue weighted by atomic mass is 9.98. The van der Waals surface area contributed by atoms with Gasteiger partial charge in [-0.3, -0.25) is 4.79 Å². The van der Waals surface area contributed by atoms with Gasteiger partial charge in [0.1, 0.15) is 0 Å². The first kappa shape index (κ1) is 20.3. The number of amides is 1. The Kier molecular flexibility index (Phi) is 6.35. The van der Waals surface area contributed by atoms with Gasteiger partial charge >= 0.3 is 0 Å². The maximum Gasteiger partial charge on any atom is 0.243 e. The predicted octanol–water partition coefficient (Wildman–Crippen LogP) is 3.45. The van der Waals surface area contributed by atoms with Crippen LogP contribution in [0.15, 0.2) is 53.4 Å². The molecule has 28 heavy (non-hydrogen) atoms. The van der Waals surface area contributed by atoms with Crippen LogP contribution in [-0.2, 0) is 21.2 Å². The highest BCUT2D eigenvalue weighted by molar-refractivity contribution is 7.89. The number of nitrogens with one attached hydrogen (secondary N) is 1. The Morgan fingerprint density at radius 1 is 1.18 bits per heavy atom. The molecule has 0 aromatic heterocycles. The van der Waals surface area contributed by atoms with Gasteiger partial charge in [0, 0.05) is 23.8 Å². The third-order valence-electron chi connectivity index (χ3n) is 4.71. The molecule has 0 saturated carbocycles. The lowest BCUT2D eigenvalue weighted by molar-refractivity contribution is -0.120. The number of carbonyl (C=O) groups excluding carboxylic acids is 1. The largest absolute Gasteiger partial charge is 0.326 e. The summed E-state index contributed by atoms with van der Waals surface area (Å²) < 4.78 is 27.1. The maximum atomic E-state index is 12.8. The molecule has 146 valence electrons. The summed E-state index contributed by atoms with van der Waals surface area (Å²) in [7, 11) is -3.67. The molecule has 1 N–H and O–H groups in total. The van der Waals surface area contributed by atoms with Crippen LogP contribution in [0.5, 0.6) is 0 Å². The highest BCUT2D eigenvalue weighted by Crippen LogP contribution is 2.25. The summed E-state index contributed by atoms with van der Waals surface area (Å²) in [5.41, 5.74) is 1.50. The second-order valence-corrected chi connectivity index (χ2v) is 9.05. The number of sulfonamides is 1. The summed E-state index contributed by atoms with van der Waals surface area (Å²) in [6.07, 6.45) is 1.56. The predicted molar refractivity (Wildman–Crippen MR) is 107 cm³/mol. The molecule has 2 aromatic carbocycles. The molecule has 0 spiro atoms. The molecule has 1 heterocycles. The minimum atomic E-state index is -3.67. The van der Waals surface area contributed by atoms with Crippen LogP contribution in [0.1, 0.15) is 18.4 Å². The van der Waals surface area contributed by atoms with Crippen molar-refractivity contribution >= 4 is 33.2 Å². The number of rotatable bonds is 5. The molecule has 0 unspecified atom stereocenters. The van der Waals surface area contributed by atoms with Gasteiger partial charge in [-0.25, -0.2) is 8.42 Å². The molecule has 8 heteroatoms. The van der Waals surface area contributed by atoms with Crippen molar-refractivity contribution in [2.75, 3.05) is 18.4 Å². The number of halogens is 1. The monoisotopic (exact) mass is 417 g/mol. The molecule has 2 aromatic rings. The molecular weight excluding hydrogens is 398 g/mol. The SMILES string of the molecule is N#CCc1ccc(NC(=O)[C@@H]2CCCN(S(=O)(=O)c3ccc(Cl)cc3)C2)cc1. The second kappa shape index (κ2) is 8.74. The molecule has 1 amide bonds. The zero-order valence-corrected chi connectivity index (χ0v) is 16.7. The van der Waals surface area contributed by atoms with E-state index in [0.29, 0.717) is 36.5 Å². The minimum absolute atomic E-state index is 0.142. The maximum absolute atomic E-state index is 12.8. The lowest BCUT2D eigenvalue weighted by Gasteiger charge is -2.31. The van der Waals surface area contributed by atoms with Gasteiger partial charge in [-0.15, -0.1) is 0 Å².